The quantitative estimate of drug-likeness (QED) is 0.547. The summed E-state index contributed by atoms with van der Waals surface area (Å²) in [5, 5.41) is 12.5. The average molecular weight is 366 g/mol. The van der Waals surface area contributed by atoms with Crippen molar-refractivity contribution in [1.82, 2.24) is 25.4 Å². The van der Waals surface area contributed by atoms with E-state index in [2.05, 4.69) is 40.6 Å². The van der Waals surface area contributed by atoms with Gasteiger partial charge >= 0.3 is 0 Å². The minimum Gasteiger partial charge on any atom is -0.459 e. The third kappa shape index (κ3) is 3.54. The number of rotatable bonds is 4. The summed E-state index contributed by atoms with van der Waals surface area (Å²) in [4.78, 5) is 9.35. The molecule has 0 saturated carbocycles. The molecule has 3 aromatic rings. The number of hydrogen-bond donors (Lipinski definition) is 2. The van der Waals surface area contributed by atoms with Crippen LogP contribution in [0, 0.1) is 13.8 Å². The van der Waals surface area contributed by atoms with Crippen molar-refractivity contribution >= 4 is 16.9 Å². The minimum atomic E-state index is 0.120. The highest BCUT2D eigenvalue weighted by atomic mass is 16.3. The van der Waals surface area contributed by atoms with Crippen molar-refractivity contribution in [2.75, 3.05) is 6.54 Å². The number of furan rings is 1. The maximum atomic E-state index is 5.99. The molecular formula is C20H26N6O. The summed E-state index contributed by atoms with van der Waals surface area (Å²) in [6.45, 7) is 8.31. The minimum absolute atomic E-state index is 0.120. The SMILES string of the molecule is CCNC(=NCc1oc2ccccc2c1C)NC1CCCn2nc(C)nc21. The topological polar surface area (TPSA) is 80.3 Å². The Morgan fingerprint density at radius 1 is 1.33 bits per heavy atom. The van der Waals surface area contributed by atoms with E-state index < -0.39 is 0 Å². The maximum Gasteiger partial charge on any atom is 0.192 e. The van der Waals surface area contributed by atoms with Crippen molar-refractivity contribution in [2.24, 2.45) is 4.99 Å². The third-order valence-electron chi connectivity index (χ3n) is 4.96. The summed E-state index contributed by atoms with van der Waals surface area (Å²) in [5.74, 6) is 3.48. The second-order valence-electron chi connectivity index (χ2n) is 6.92. The van der Waals surface area contributed by atoms with Crippen LogP contribution in [0.5, 0.6) is 0 Å². The van der Waals surface area contributed by atoms with Crippen molar-refractivity contribution in [3.05, 3.63) is 47.2 Å². The average Bonchev–Trinajstić information content (AvgIpc) is 3.20. The van der Waals surface area contributed by atoms with Crippen LogP contribution in [0.1, 0.15) is 48.8 Å². The van der Waals surface area contributed by atoms with Gasteiger partial charge in [0.25, 0.3) is 0 Å². The Morgan fingerprint density at radius 2 is 2.19 bits per heavy atom. The fourth-order valence-electron chi connectivity index (χ4n) is 3.62. The van der Waals surface area contributed by atoms with Gasteiger partial charge in [-0.15, -0.1) is 0 Å². The zero-order valence-electron chi connectivity index (χ0n) is 16.1. The molecule has 1 aliphatic heterocycles. The Morgan fingerprint density at radius 3 is 3.00 bits per heavy atom. The molecular weight excluding hydrogens is 340 g/mol. The van der Waals surface area contributed by atoms with E-state index >= 15 is 0 Å². The van der Waals surface area contributed by atoms with Gasteiger partial charge in [-0.05, 0) is 39.7 Å². The lowest BCUT2D eigenvalue weighted by atomic mass is 10.1. The first kappa shape index (κ1) is 17.6. The molecule has 4 rings (SSSR count). The Bertz CT molecular complexity index is 970. The van der Waals surface area contributed by atoms with Crippen LogP contribution in [0.15, 0.2) is 33.7 Å². The van der Waals surface area contributed by atoms with Gasteiger partial charge in [-0.25, -0.2) is 14.7 Å². The monoisotopic (exact) mass is 366 g/mol. The lowest BCUT2D eigenvalue weighted by molar-refractivity contribution is 0.397. The van der Waals surface area contributed by atoms with Gasteiger partial charge in [0.15, 0.2) is 5.96 Å². The summed E-state index contributed by atoms with van der Waals surface area (Å²) in [6, 6.07) is 8.23. The molecule has 0 bridgehead atoms. The molecule has 2 N–H and O–H groups in total. The highest BCUT2D eigenvalue weighted by Gasteiger charge is 2.24. The second-order valence-corrected chi connectivity index (χ2v) is 6.92. The van der Waals surface area contributed by atoms with Crippen LogP contribution in [0.2, 0.25) is 0 Å². The normalized spacial score (nSPS) is 17.1. The summed E-state index contributed by atoms with van der Waals surface area (Å²) in [7, 11) is 0. The van der Waals surface area contributed by atoms with Crippen LogP contribution in [-0.4, -0.2) is 27.3 Å². The molecule has 0 radical (unpaired) electrons. The molecule has 1 unspecified atom stereocenters. The molecule has 0 aliphatic carbocycles. The van der Waals surface area contributed by atoms with Crippen molar-refractivity contribution < 1.29 is 4.42 Å². The Kier molecular flexibility index (Phi) is 4.83. The van der Waals surface area contributed by atoms with E-state index in [1.54, 1.807) is 0 Å². The maximum absolute atomic E-state index is 5.99. The van der Waals surface area contributed by atoms with Crippen LogP contribution >= 0.6 is 0 Å². The molecule has 142 valence electrons. The smallest absolute Gasteiger partial charge is 0.192 e. The van der Waals surface area contributed by atoms with Crippen molar-refractivity contribution in [2.45, 2.75) is 52.7 Å². The lowest BCUT2D eigenvalue weighted by Gasteiger charge is -2.24. The number of benzene rings is 1. The predicted octanol–water partition coefficient (Wildman–Crippen LogP) is 3.23. The van der Waals surface area contributed by atoms with Crippen LogP contribution in [0.4, 0.5) is 0 Å². The molecule has 0 saturated heterocycles. The van der Waals surface area contributed by atoms with Gasteiger partial charge in [-0.1, -0.05) is 18.2 Å². The standard InChI is InChI=1S/C20H26N6O/c1-4-21-20(24-16-9-7-11-26-19(16)23-14(3)25-26)22-12-18-13(2)15-8-5-6-10-17(15)27-18/h5-6,8,10,16H,4,7,9,11-12H2,1-3H3,(H2,21,22,24). The van der Waals surface area contributed by atoms with Crippen LogP contribution in [0.3, 0.4) is 0 Å². The van der Waals surface area contributed by atoms with Gasteiger partial charge in [0.2, 0.25) is 0 Å². The summed E-state index contributed by atoms with van der Waals surface area (Å²) in [6.07, 6.45) is 2.10. The Labute approximate surface area is 158 Å². The molecule has 0 amide bonds. The van der Waals surface area contributed by atoms with Gasteiger partial charge in [0.1, 0.15) is 29.5 Å². The number of aliphatic imine (C=N–C) groups is 1. The van der Waals surface area contributed by atoms with E-state index in [1.807, 2.05) is 29.8 Å². The van der Waals surface area contributed by atoms with E-state index in [0.29, 0.717) is 6.54 Å². The van der Waals surface area contributed by atoms with E-state index in [1.165, 1.54) is 0 Å². The fourth-order valence-corrected chi connectivity index (χ4v) is 3.62. The first-order valence-corrected chi connectivity index (χ1v) is 9.59. The van der Waals surface area contributed by atoms with Crippen molar-refractivity contribution in [3.63, 3.8) is 0 Å². The van der Waals surface area contributed by atoms with Gasteiger partial charge in [-0.2, -0.15) is 5.10 Å². The number of aromatic nitrogens is 3. The number of nitrogens with one attached hydrogen (secondary N) is 2. The fraction of sp³-hybridized carbons (Fsp3) is 0.450. The zero-order chi connectivity index (χ0) is 18.8. The summed E-state index contributed by atoms with van der Waals surface area (Å²) < 4.78 is 7.99. The van der Waals surface area contributed by atoms with E-state index in [0.717, 1.165) is 65.8 Å². The molecule has 27 heavy (non-hydrogen) atoms. The predicted molar refractivity (Wildman–Crippen MR) is 106 cm³/mol. The van der Waals surface area contributed by atoms with Gasteiger partial charge in [-0.3, -0.25) is 0 Å². The van der Waals surface area contributed by atoms with Crippen molar-refractivity contribution in [1.29, 1.82) is 0 Å². The first-order chi connectivity index (χ1) is 13.2. The molecule has 0 fully saturated rings. The number of para-hydroxylation sites is 1. The van der Waals surface area contributed by atoms with Gasteiger partial charge in [0.05, 0.1) is 6.04 Å². The van der Waals surface area contributed by atoms with E-state index in [9.17, 15) is 0 Å². The van der Waals surface area contributed by atoms with Gasteiger partial charge < -0.3 is 15.1 Å². The number of aryl methyl sites for hydroxylation is 3. The largest absolute Gasteiger partial charge is 0.459 e. The second kappa shape index (κ2) is 7.42. The number of guanidine groups is 1. The number of fused-ring (bicyclic) bond motifs is 2. The number of nitrogens with zero attached hydrogens (tertiary/aromatic N) is 4. The zero-order valence-corrected chi connectivity index (χ0v) is 16.1. The molecule has 2 aromatic heterocycles. The highest BCUT2D eigenvalue weighted by molar-refractivity contribution is 5.82. The van der Waals surface area contributed by atoms with Crippen LogP contribution < -0.4 is 10.6 Å². The molecule has 7 heteroatoms. The van der Waals surface area contributed by atoms with E-state index in [-0.39, 0.29) is 6.04 Å². The lowest BCUT2D eigenvalue weighted by Crippen LogP contribution is -2.41. The summed E-state index contributed by atoms with van der Waals surface area (Å²) in [5.41, 5.74) is 2.06. The third-order valence-corrected chi connectivity index (χ3v) is 4.96. The highest BCUT2D eigenvalue weighted by Crippen LogP contribution is 2.26. The first-order valence-electron chi connectivity index (χ1n) is 9.59. The van der Waals surface area contributed by atoms with Crippen molar-refractivity contribution in [3.8, 4) is 0 Å². The molecule has 1 atom stereocenters. The molecule has 0 spiro atoms. The molecule has 1 aliphatic rings. The molecule has 1 aromatic carbocycles. The molecule has 7 nitrogen and oxygen atoms in total. The van der Waals surface area contributed by atoms with E-state index in [4.69, 9.17) is 9.41 Å². The van der Waals surface area contributed by atoms with Crippen LogP contribution in [-0.2, 0) is 13.1 Å². The summed E-state index contributed by atoms with van der Waals surface area (Å²) >= 11 is 0. The van der Waals surface area contributed by atoms with Gasteiger partial charge in [0, 0.05) is 24.0 Å². The Hall–Kier alpha value is -2.83. The Balaban J connectivity index is 1.54. The molecule has 3 heterocycles. The van der Waals surface area contributed by atoms with Crippen LogP contribution in [0.25, 0.3) is 11.0 Å². The number of hydrogen-bond acceptors (Lipinski definition) is 4.